The number of hydrogen-bond donors (Lipinski definition) is 1. The van der Waals surface area contributed by atoms with Crippen molar-refractivity contribution in [2.24, 2.45) is 5.92 Å². The van der Waals surface area contributed by atoms with Crippen LogP contribution >= 0.6 is 0 Å². The van der Waals surface area contributed by atoms with Crippen LogP contribution in [0.15, 0.2) is 4.52 Å². The lowest BCUT2D eigenvalue weighted by Gasteiger charge is -2.03. The zero-order chi connectivity index (χ0) is 10.8. The summed E-state index contributed by atoms with van der Waals surface area (Å²) in [5.41, 5.74) is 0. The fourth-order valence-electron chi connectivity index (χ4n) is 2.40. The molecule has 2 atom stereocenters. The highest BCUT2D eigenvalue weighted by Gasteiger charge is 2.24. The first-order valence-electron chi connectivity index (χ1n) is 6.06. The number of rotatable bonds is 3. The largest absolute Gasteiger partial charge is 0.370 e. The van der Waals surface area contributed by atoms with E-state index in [1.54, 1.807) is 0 Å². The Hall–Kier alpha value is -0.940. The molecule has 0 spiro atoms. The molecule has 0 saturated carbocycles. The molecule has 5 heteroatoms. The van der Waals surface area contributed by atoms with Gasteiger partial charge in [-0.15, -0.1) is 0 Å². The monoisotopic (exact) mass is 223 g/mol. The van der Waals surface area contributed by atoms with Gasteiger partial charge in [-0.25, -0.2) is 0 Å². The summed E-state index contributed by atoms with van der Waals surface area (Å²) < 4.78 is 10.8. The summed E-state index contributed by atoms with van der Waals surface area (Å²) in [5, 5.41) is 7.35. The van der Waals surface area contributed by atoms with E-state index in [2.05, 4.69) is 15.5 Å². The maximum absolute atomic E-state index is 5.52. The van der Waals surface area contributed by atoms with Crippen LogP contribution in [0.4, 0.5) is 0 Å². The fourth-order valence-corrected chi connectivity index (χ4v) is 2.40. The summed E-state index contributed by atoms with van der Waals surface area (Å²) >= 11 is 0. The van der Waals surface area contributed by atoms with Crippen molar-refractivity contribution in [1.82, 2.24) is 15.5 Å². The molecular weight excluding hydrogens is 206 g/mol. The maximum Gasteiger partial charge on any atom is 0.227 e. The average Bonchev–Trinajstić information content (AvgIpc) is 2.99. The molecule has 3 heterocycles. The second-order valence-corrected chi connectivity index (χ2v) is 4.61. The van der Waals surface area contributed by atoms with Gasteiger partial charge >= 0.3 is 0 Å². The highest BCUT2D eigenvalue weighted by Crippen LogP contribution is 2.26. The third-order valence-corrected chi connectivity index (χ3v) is 3.33. The molecular formula is C11H17N3O2. The molecule has 2 aliphatic rings. The second kappa shape index (κ2) is 4.51. The highest BCUT2D eigenvalue weighted by atomic mass is 16.5. The van der Waals surface area contributed by atoms with Gasteiger partial charge < -0.3 is 14.6 Å². The quantitative estimate of drug-likeness (QED) is 0.830. The van der Waals surface area contributed by atoms with Crippen molar-refractivity contribution in [3.63, 3.8) is 0 Å². The first-order chi connectivity index (χ1) is 7.92. The van der Waals surface area contributed by atoms with E-state index in [-0.39, 0.29) is 6.10 Å². The zero-order valence-electron chi connectivity index (χ0n) is 9.32. The Morgan fingerprint density at radius 1 is 1.38 bits per heavy atom. The molecule has 5 nitrogen and oxygen atoms in total. The summed E-state index contributed by atoms with van der Waals surface area (Å²) in [6.07, 6.45) is 4.29. The van der Waals surface area contributed by atoms with E-state index in [1.165, 1.54) is 6.42 Å². The Labute approximate surface area is 94.6 Å². The minimum absolute atomic E-state index is 0.0687. The minimum atomic E-state index is 0.0687. The number of aromatic nitrogens is 2. The van der Waals surface area contributed by atoms with Gasteiger partial charge in [0.15, 0.2) is 0 Å². The molecule has 1 aromatic heterocycles. The number of ether oxygens (including phenoxy) is 1. The van der Waals surface area contributed by atoms with Gasteiger partial charge in [0.05, 0.1) is 0 Å². The molecule has 2 aliphatic heterocycles. The molecule has 3 rings (SSSR count). The van der Waals surface area contributed by atoms with E-state index in [0.717, 1.165) is 50.7 Å². The number of nitrogens with one attached hydrogen (secondary N) is 1. The summed E-state index contributed by atoms with van der Waals surface area (Å²) in [6.45, 7) is 3.00. The predicted molar refractivity (Wildman–Crippen MR) is 56.9 cm³/mol. The zero-order valence-corrected chi connectivity index (χ0v) is 9.32. The van der Waals surface area contributed by atoms with E-state index < -0.39 is 0 Å². The molecule has 2 fully saturated rings. The average molecular weight is 223 g/mol. The SMILES string of the molecule is C1COC(c2noc(CC3CCNC3)n2)C1. The van der Waals surface area contributed by atoms with E-state index in [1.807, 2.05) is 0 Å². The predicted octanol–water partition coefficient (Wildman–Crippen LogP) is 1.07. The van der Waals surface area contributed by atoms with Crippen LogP contribution in [-0.2, 0) is 11.2 Å². The standard InChI is InChI=1S/C11H17N3O2/c1-2-9(15-5-1)11-13-10(16-14-11)6-8-3-4-12-7-8/h8-9,12H,1-7H2. The highest BCUT2D eigenvalue weighted by molar-refractivity contribution is 4.94. The van der Waals surface area contributed by atoms with Crippen LogP contribution < -0.4 is 5.32 Å². The van der Waals surface area contributed by atoms with Crippen LogP contribution in [-0.4, -0.2) is 29.8 Å². The molecule has 0 radical (unpaired) electrons. The lowest BCUT2D eigenvalue weighted by atomic mass is 10.1. The van der Waals surface area contributed by atoms with Crippen molar-refractivity contribution in [3.8, 4) is 0 Å². The van der Waals surface area contributed by atoms with Crippen molar-refractivity contribution in [1.29, 1.82) is 0 Å². The summed E-state index contributed by atoms with van der Waals surface area (Å²) in [5.74, 6) is 2.15. The third kappa shape index (κ3) is 2.10. The summed E-state index contributed by atoms with van der Waals surface area (Å²) in [6, 6.07) is 0. The van der Waals surface area contributed by atoms with Gasteiger partial charge in [0.2, 0.25) is 11.7 Å². The van der Waals surface area contributed by atoms with Gasteiger partial charge in [-0.1, -0.05) is 5.16 Å². The molecule has 16 heavy (non-hydrogen) atoms. The Morgan fingerprint density at radius 3 is 3.12 bits per heavy atom. The first-order valence-corrected chi connectivity index (χ1v) is 6.06. The maximum atomic E-state index is 5.52. The molecule has 1 N–H and O–H groups in total. The van der Waals surface area contributed by atoms with Crippen molar-refractivity contribution in [2.45, 2.75) is 31.8 Å². The minimum Gasteiger partial charge on any atom is -0.370 e. The van der Waals surface area contributed by atoms with Crippen molar-refractivity contribution in [2.75, 3.05) is 19.7 Å². The molecule has 2 saturated heterocycles. The van der Waals surface area contributed by atoms with Crippen LogP contribution in [0, 0.1) is 5.92 Å². The van der Waals surface area contributed by atoms with E-state index >= 15 is 0 Å². The molecule has 0 aromatic carbocycles. The van der Waals surface area contributed by atoms with E-state index in [0.29, 0.717) is 5.92 Å². The second-order valence-electron chi connectivity index (χ2n) is 4.61. The van der Waals surface area contributed by atoms with Crippen LogP contribution in [0.5, 0.6) is 0 Å². The topological polar surface area (TPSA) is 60.2 Å². The molecule has 88 valence electrons. The Kier molecular flexibility index (Phi) is 2.88. The number of hydrogen-bond acceptors (Lipinski definition) is 5. The van der Waals surface area contributed by atoms with Crippen LogP contribution in [0.25, 0.3) is 0 Å². The van der Waals surface area contributed by atoms with Gasteiger partial charge in [0, 0.05) is 13.0 Å². The van der Waals surface area contributed by atoms with Crippen LogP contribution in [0.1, 0.15) is 37.1 Å². The third-order valence-electron chi connectivity index (χ3n) is 3.33. The molecule has 0 bridgehead atoms. The lowest BCUT2D eigenvalue weighted by Crippen LogP contribution is -2.11. The first kappa shape index (κ1) is 10.2. The van der Waals surface area contributed by atoms with E-state index in [4.69, 9.17) is 9.26 Å². The number of nitrogens with zero attached hydrogens (tertiary/aromatic N) is 2. The Bertz CT molecular complexity index is 341. The molecule has 0 aliphatic carbocycles. The van der Waals surface area contributed by atoms with Gasteiger partial charge in [0.25, 0.3) is 0 Å². The van der Waals surface area contributed by atoms with Crippen LogP contribution in [0.3, 0.4) is 0 Å². The van der Waals surface area contributed by atoms with E-state index in [9.17, 15) is 0 Å². The van der Waals surface area contributed by atoms with Crippen molar-refractivity contribution < 1.29 is 9.26 Å². The Morgan fingerprint density at radius 2 is 2.38 bits per heavy atom. The molecule has 2 unspecified atom stereocenters. The normalized spacial score (nSPS) is 30.0. The summed E-state index contributed by atoms with van der Waals surface area (Å²) in [4.78, 5) is 4.43. The van der Waals surface area contributed by atoms with Gasteiger partial charge in [-0.3, -0.25) is 0 Å². The van der Waals surface area contributed by atoms with Gasteiger partial charge in [0.1, 0.15) is 6.10 Å². The molecule has 0 amide bonds. The van der Waals surface area contributed by atoms with Crippen LogP contribution in [0.2, 0.25) is 0 Å². The Balaban J connectivity index is 1.62. The molecule has 1 aromatic rings. The van der Waals surface area contributed by atoms with Crippen molar-refractivity contribution in [3.05, 3.63) is 11.7 Å². The van der Waals surface area contributed by atoms with Gasteiger partial charge in [-0.05, 0) is 38.3 Å². The van der Waals surface area contributed by atoms with Gasteiger partial charge in [-0.2, -0.15) is 4.98 Å². The smallest absolute Gasteiger partial charge is 0.227 e. The summed E-state index contributed by atoms with van der Waals surface area (Å²) in [7, 11) is 0. The van der Waals surface area contributed by atoms with Crippen molar-refractivity contribution >= 4 is 0 Å². The fraction of sp³-hybridized carbons (Fsp3) is 0.818. The lowest BCUT2D eigenvalue weighted by molar-refractivity contribution is 0.103.